The van der Waals surface area contributed by atoms with E-state index >= 15 is 0 Å². The Morgan fingerprint density at radius 2 is 2.18 bits per heavy atom. The van der Waals surface area contributed by atoms with Crippen LogP contribution in [0.3, 0.4) is 0 Å². The molecule has 94 valence electrons. The smallest absolute Gasteiger partial charge is 0.129 e. The van der Waals surface area contributed by atoms with Gasteiger partial charge in [-0.05, 0) is 26.1 Å². The van der Waals surface area contributed by atoms with Crippen molar-refractivity contribution < 1.29 is 0 Å². The van der Waals surface area contributed by atoms with Crippen molar-refractivity contribution in [1.82, 2.24) is 9.88 Å². The van der Waals surface area contributed by atoms with E-state index in [0.717, 1.165) is 31.1 Å². The monoisotopic (exact) mass is 273 g/mol. The van der Waals surface area contributed by atoms with Gasteiger partial charge in [-0.2, -0.15) is 0 Å². The average Bonchev–Trinajstić information content (AvgIpc) is 2.30. The molecule has 1 atom stereocenters. The van der Waals surface area contributed by atoms with Crippen LogP contribution in [0.4, 0.5) is 5.82 Å². The number of pyridine rings is 1. The molecular weight excluding hydrogens is 257 g/mol. The van der Waals surface area contributed by atoms with E-state index in [1.165, 1.54) is 0 Å². The second-order valence-corrected chi connectivity index (χ2v) is 5.21. The van der Waals surface area contributed by atoms with Crippen molar-refractivity contribution >= 4 is 29.0 Å². The topological polar surface area (TPSA) is 19.4 Å². The van der Waals surface area contributed by atoms with E-state index in [1.54, 1.807) is 0 Å². The summed E-state index contributed by atoms with van der Waals surface area (Å²) >= 11 is 11.9. The molecular formula is C12H17Cl2N3. The number of hydrogen-bond donors (Lipinski definition) is 0. The Balaban J connectivity index is 2.22. The van der Waals surface area contributed by atoms with Crippen molar-refractivity contribution in [3.05, 3.63) is 22.8 Å². The molecule has 0 amide bonds. The molecule has 1 aliphatic heterocycles. The third kappa shape index (κ3) is 2.84. The van der Waals surface area contributed by atoms with Gasteiger partial charge in [0.1, 0.15) is 5.82 Å². The minimum Gasteiger partial charge on any atom is -0.351 e. The van der Waals surface area contributed by atoms with Crippen molar-refractivity contribution in [1.29, 1.82) is 0 Å². The van der Waals surface area contributed by atoms with Gasteiger partial charge in [-0.1, -0.05) is 11.6 Å². The number of halogens is 2. The first-order valence-electron chi connectivity index (χ1n) is 5.78. The Hall–Kier alpha value is -0.510. The minimum absolute atomic E-state index is 0.356. The van der Waals surface area contributed by atoms with Crippen molar-refractivity contribution in [2.75, 3.05) is 31.6 Å². The third-order valence-electron chi connectivity index (χ3n) is 3.16. The van der Waals surface area contributed by atoms with Gasteiger partial charge in [0.2, 0.25) is 0 Å². The van der Waals surface area contributed by atoms with E-state index in [2.05, 4.69) is 28.8 Å². The molecule has 0 N–H and O–H groups in total. The highest BCUT2D eigenvalue weighted by atomic mass is 35.5. The van der Waals surface area contributed by atoms with Crippen molar-refractivity contribution in [3.63, 3.8) is 0 Å². The summed E-state index contributed by atoms with van der Waals surface area (Å²) in [5.41, 5.74) is 0.761. The summed E-state index contributed by atoms with van der Waals surface area (Å²) in [6.45, 7) is 5.33. The number of piperazine rings is 1. The zero-order valence-corrected chi connectivity index (χ0v) is 11.7. The Bertz CT molecular complexity index is 397. The number of aromatic nitrogens is 1. The van der Waals surface area contributed by atoms with Crippen LogP contribution >= 0.6 is 23.2 Å². The zero-order chi connectivity index (χ0) is 12.4. The third-order valence-corrected chi connectivity index (χ3v) is 3.75. The summed E-state index contributed by atoms with van der Waals surface area (Å²) in [5.74, 6) is 1.33. The van der Waals surface area contributed by atoms with Gasteiger partial charge in [0.15, 0.2) is 0 Å². The Labute approximate surface area is 112 Å². The summed E-state index contributed by atoms with van der Waals surface area (Å²) in [6, 6.07) is 4.32. The van der Waals surface area contributed by atoms with Crippen LogP contribution in [0.5, 0.6) is 0 Å². The van der Waals surface area contributed by atoms with Gasteiger partial charge < -0.3 is 9.80 Å². The molecule has 1 saturated heterocycles. The first-order valence-corrected chi connectivity index (χ1v) is 6.69. The first-order chi connectivity index (χ1) is 8.11. The van der Waals surface area contributed by atoms with Crippen LogP contribution in [-0.4, -0.2) is 42.6 Å². The van der Waals surface area contributed by atoms with Crippen LogP contribution in [0.25, 0.3) is 0 Å². The molecule has 0 aromatic carbocycles. The molecule has 3 nitrogen and oxygen atoms in total. The molecule has 0 aliphatic carbocycles. The molecule has 1 aromatic heterocycles. The van der Waals surface area contributed by atoms with Crippen molar-refractivity contribution in [2.24, 2.45) is 0 Å². The fourth-order valence-corrected chi connectivity index (χ4v) is 2.65. The Morgan fingerprint density at radius 3 is 2.82 bits per heavy atom. The second-order valence-electron chi connectivity index (χ2n) is 4.54. The Kier molecular flexibility index (Phi) is 4.13. The predicted octanol–water partition coefficient (Wildman–Crippen LogP) is 2.61. The van der Waals surface area contributed by atoms with E-state index in [9.17, 15) is 0 Å². The second kappa shape index (κ2) is 5.42. The number of hydrogen-bond acceptors (Lipinski definition) is 3. The lowest BCUT2D eigenvalue weighted by Crippen LogP contribution is -2.50. The lowest BCUT2D eigenvalue weighted by Gasteiger charge is -2.39. The number of anilines is 1. The maximum Gasteiger partial charge on any atom is 0.129 e. The predicted molar refractivity (Wildman–Crippen MR) is 73.1 cm³/mol. The van der Waals surface area contributed by atoms with Crippen LogP contribution in [-0.2, 0) is 5.88 Å². The SMILES string of the molecule is CC1CN(C)CCN1c1ccc(Cl)c(CCl)n1. The van der Waals surface area contributed by atoms with Crippen LogP contribution < -0.4 is 4.90 Å². The lowest BCUT2D eigenvalue weighted by atomic mass is 10.2. The summed E-state index contributed by atoms with van der Waals surface area (Å²) < 4.78 is 0. The van der Waals surface area contributed by atoms with Gasteiger partial charge >= 0.3 is 0 Å². The highest BCUT2D eigenvalue weighted by Crippen LogP contribution is 2.23. The van der Waals surface area contributed by atoms with E-state index in [-0.39, 0.29) is 0 Å². The van der Waals surface area contributed by atoms with Crippen molar-refractivity contribution in [3.8, 4) is 0 Å². The van der Waals surface area contributed by atoms with Crippen molar-refractivity contribution in [2.45, 2.75) is 18.8 Å². The van der Waals surface area contributed by atoms with Gasteiger partial charge in [-0.15, -0.1) is 11.6 Å². The molecule has 1 unspecified atom stereocenters. The van der Waals surface area contributed by atoms with Crippen LogP contribution in [0, 0.1) is 0 Å². The quantitative estimate of drug-likeness (QED) is 0.773. The Morgan fingerprint density at radius 1 is 1.41 bits per heavy atom. The molecule has 2 heterocycles. The number of alkyl halides is 1. The van der Waals surface area contributed by atoms with Crippen LogP contribution in [0.15, 0.2) is 12.1 Å². The molecule has 5 heteroatoms. The highest BCUT2D eigenvalue weighted by Gasteiger charge is 2.22. The van der Waals surface area contributed by atoms with Gasteiger partial charge in [-0.3, -0.25) is 0 Å². The maximum atomic E-state index is 6.02. The normalized spacial score (nSPS) is 21.9. The molecule has 0 radical (unpaired) electrons. The largest absolute Gasteiger partial charge is 0.351 e. The molecule has 0 bridgehead atoms. The molecule has 0 saturated carbocycles. The van der Waals surface area contributed by atoms with E-state index < -0.39 is 0 Å². The molecule has 1 aliphatic rings. The summed E-state index contributed by atoms with van der Waals surface area (Å²) in [7, 11) is 2.15. The van der Waals surface area contributed by atoms with Crippen LogP contribution in [0.2, 0.25) is 5.02 Å². The molecule has 2 rings (SSSR count). The fourth-order valence-electron chi connectivity index (χ4n) is 2.21. The number of rotatable bonds is 2. The summed E-state index contributed by atoms with van der Waals surface area (Å²) in [4.78, 5) is 9.18. The van der Waals surface area contributed by atoms with E-state index in [4.69, 9.17) is 23.2 Å². The van der Waals surface area contributed by atoms with E-state index in [1.807, 2.05) is 12.1 Å². The van der Waals surface area contributed by atoms with Crippen LogP contribution in [0.1, 0.15) is 12.6 Å². The molecule has 17 heavy (non-hydrogen) atoms. The first kappa shape index (κ1) is 12.9. The molecule has 1 fully saturated rings. The fraction of sp³-hybridized carbons (Fsp3) is 0.583. The van der Waals surface area contributed by atoms with Gasteiger partial charge in [-0.25, -0.2) is 4.98 Å². The standard InChI is InChI=1S/C12H17Cl2N3/c1-9-8-16(2)5-6-17(9)12-4-3-10(14)11(7-13)15-12/h3-4,9H,5-8H2,1-2H3. The highest BCUT2D eigenvalue weighted by molar-refractivity contribution is 6.32. The minimum atomic E-state index is 0.356. The molecule has 1 aromatic rings. The van der Waals surface area contributed by atoms with Gasteiger partial charge in [0.05, 0.1) is 16.6 Å². The number of nitrogens with zero attached hydrogens (tertiary/aromatic N) is 3. The lowest BCUT2D eigenvalue weighted by molar-refractivity contribution is 0.274. The summed E-state index contributed by atoms with van der Waals surface area (Å²) in [6.07, 6.45) is 0. The number of likely N-dealkylation sites (N-methyl/N-ethyl adjacent to an activating group) is 1. The average molecular weight is 274 g/mol. The van der Waals surface area contributed by atoms with Gasteiger partial charge in [0.25, 0.3) is 0 Å². The zero-order valence-electron chi connectivity index (χ0n) is 10.2. The van der Waals surface area contributed by atoms with E-state index in [0.29, 0.717) is 16.9 Å². The summed E-state index contributed by atoms with van der Waals surface area (Å²) in [5, 5.41) is 0.644. The maximum absolute atomic E-state index is 6.02. The molecule has 0 spiro atoms. The van der Waals surface area contributed by atoms with Gasteiger partial charge in [0, 0.05) is 25.7 Å².